The summed E-state index contributed by atoms with van der Waals surface area (Å²) in [5, 5.41) is 17.7. The van der Waals surface area contributed by atoms with Crippen LogP contribution in [0, 0.1) is 11.3 Å². The third kappa shape index (κ3) is 3.79. The molecule has 0 saturated carbocycles. The minimum atomic E-state index is -4.77. The fraction of sp³-hybridized carbons (Fsp3) is 0.300. The van der Waals surface area contributed by atoms with Crippen molar-refractivity contribution < 1.29 is 23.0 Å². The molecule has 0 saturated heterocycles. The van der Waals surface area contributed by atoms with Crippen molar-refractivity contribution in [3.63, 3.8) is 0 Å². The van der Waals surface area contributed by atoms with Crippen LogP contribution in [-0.4, -0.2) is 11.5 Å². The molecule has 1 atom stereocenters. The van der Waals surface area contributed by atoms with Gasteiger partial charge in [0, 0.05) is 0 Å². The summed E-state index contributed by atoms with van der Waals surface area (Å²) >= 11 is 0. The van der Waals surface area contributed by atoms with Crippen LogP contribution in [0.2, 0.25) is 0 Å². The molecule has 1 N–H and O–H groups in total. The minimum absolute atomic E-state index is 0.185. The molecular weight excluding hydrogens is 223 g/mol. The summed E-state index contributed by atoms with van der Waals surface area (Å²) < 4.78 is 39.3. The van der Waals surface area contributed by atoms with E-state index in [-0.39, 0.29) is 12.0 Å². The predicted molar refractivity (Wildman–Crippen MR) is 48.3 cm³/mol. The second-order valence-corrected chi connectivity index (χ2v) is 3.00. The molecule has 1 aromatic rings. The first-order valence-corrected chi connectivity index (χ1v) is 4.33. The molecule has 3 nitrogen and oxygen atoms in total. The van der Waals surface area contributed by atoms with Gasteiger partial charge in [-0.2, -0.15) is 5.26 Å². The van der Waals surface area contributed by atoms with E-state index in [0.717, 1.165) is 12.1 Å². The number of aliphatic hydroxyl groups is 1. The van der Waals surface area contributed by atoms with Gasteiger partial charge in [0.25, 0.3) is 0 Å². The molecule has 0 amide bonds. The van der Waals surface area contributed by atoms with E-state index < -0.39 is 18.2 Å². The second-order valence-electron chi connectivity index (χ2n) is 3.00. The average Bonchev–Trinajstić information content (AvgIpc) is 2.16. The molecule has 6 heteroatoms. The Morgan fingerprint density at radius 2 is 2.12 bits per heavy atom. The standard InChI is InChI=1S/C10H8F3NO2/c11-10(12,13)16-8-3-1-2-7(6-8)9(15)4-5-14/h1-3,6,9,15H,4H2. The maximum absolute atomic E-state index is 11.9. The van der Waals surface area contributed by atoms with Crippen molar-refractivity contribution in [2.24, 2.45) is 0 Å². The molecule has 86 valence electrons. The molecule has 0 aliphatic carbocycles. The first-order chi connectivity index (χ1) is 7.42. The van der Waals surface area contributed by atoms with E-state index in [9.17, 15) is 18.3 Å². The molecule has 0 heterocycles. The number of hydrogen-bond acceptors (Lipinski definition) is 3. The summed E-state index contributed by atoms with van der Waals surface area (Å²) in [5.41, 5.74) is 0.211. The second kappa shape index (κ2) is 4.86. The van der Waals surface area contributed by atoms with Gasteiger partial charge in [0.1, 0.15) is 5.75 Å². The Balaban J connectivity index is 2.83. The lowest BCUT2D eigenvalue weighted by atomic mass is 10.1. The minimum Gasteiger partial charge on any atom is -0.406 e. The van der Waals surface area contributed by atoms with Gasteiger partial charge in [-0.05, 0) is 17.7 Å². The van der Waals surface area contributed by atoms with Crippen molar-refractivity contribution >= 4 is 0 Å². The van der Waals surface area contributed by atoms with E-state index in [4.69, 9.17) is 5.26 Å². The molecule has 1 unspecified atom stereocenters. The number of aliphatic hydroxyl groups excluding tert-OH is 1. The van der Waals surface area contributed by atoms with Gasteiger partial charge in [0.2, 0.25) is 0 Å². The smallest absolute Gasteiger partial charge is 0.406 e. The van der Waals surface area contributed by atoms with Crippen molar-refractivity contribution in [3.05, 3.63) is 29.8 Å². The van der Waals surface area contributed by atoms with Crippen LogP contribution in [0.1, 0.15) is 18.1 Å². The number of benzene rings is 1. The number of alkyl halides is 3. The molecular formula is C10H8F3NO2. The normalized spacial score (nSPS) is 12.9. The van der Waals surface area contributed by atoms with Crippen LogP contribution in [-0.2, 0) is 0 Å². The maximum atomic E-state index is 11.9. The molecule has 1 rings (SSSR count). The molecule has 0 spiro atoms. The summed E-state index contributed by atoms with van der Waals surface area (Å²) in [4.78, 5) is 0. The average molecular weight is 231 g/mol. The zero-order chi connectivity index (χ0) is 12.2. The first kappa shape index (κ1) is 12.3. The number of halogens is 3. The van der Waals surface area contributed by atoms with Gasteiger partial charge >= 0.3 is 6.36 Å². The predicted octanol–water partition coefficient (Wildman–Crippen LogP) is 2.53. The van der Waals surface area contributed by atoms with Crippen LogP contribution in [0.3, 0.4) is 0 Å². The van der Waals surface area contributed by atoms with Gasteiger partial charge in [-0.25, -0.2) is 0 Å². The fourth-order valence-corrected chi connectivity index (χ4v) is 1.12. The van der Waals surface area contributed by atoms with Gasteiger partial charge in [-0.3, -0.25) is 0 Å². The first-order valence-electron chi connectivity index (χ1n) is 4.33. The highest BCUT2D eigenvalue weighted by molar-refractivity contribution is 5.30. The van der Waals surface area contributed by atoms with Crippen LogP contribution >= 0.6 is 0 Å². The van der Waals surface area contributed by atoms with E-state index in [1.54, 1.807) is 6.07 Å². The molecule has 0 aromatic heterocycles. The van der Waals surface area contributed by atoms with Crippen molar-refractivity contribution in [2.75, 3.05) is 0 Å². The van der Waals surface area contributed by atoms with E-state index in [2.05, 4.69) is 4.74 Å². The van der Waals surface area contributed by atoms with Gasteiger partial charge < -0.3 is 9.84 Å². The SMILES string of the molecule is N#CCC(O)c1cccc(OC(F)(F)F)c1. The van der Waals surface area contributed by atoms with Gasteiger partial charge in [0.05, 0.1) is 18.6 Å². The molecule has 1 aromatic carbocycles. The number of nitrogens with zero attached hydrogens (tertiary/aromatic N) is 1. The van der Waals surface area contributed by atoms with Crippen molar-refractivity contribution in [1.29, 1.82) is 5.26 Å². The van der Waals surface area contributed by atoms with E-state index in [1.165, 1.54) is 12.1 Å². The number of ether oxygens (including phenoxy) is 1. The van der Waals surface area contributed by atoms with Gasteiger partial charge in [0.15, 0.2) is 0 Å². The summed E-state index contributed by atoms with van der Waals surface area (Å²) in [6.07, 6.45) is -6.06. The zero-order valence-electron chi connectivity index (χ0n) is 8.03. The van der Waals surface area contributed by atoms with Crippen LogP contribution in [0.5, 0.6) is 5.75 Å². The van der Waals surface area contributed by atoms with Gasteiger partial charge in [-0.1, -0.05) is 12.1 Å². The van der Waals surface area contributed by atoms with E-state index in [0.29, 0.717) is 0 Å². The molecule has 0 bridgehead atoms. The Morgan fingerprint density at radius 3 is 2.69 bits per heavy atom. The largest absolute Gasteiger partial charge is 0.573 e. The topological polar surface area (TPSA) is 53.2 Å². The molecule has 0 fully saturated rings. The van der Waals surface area contributed by atoms with E-state index >= 15 is 0 Å². The highest BCUT2D eigenvalue weighted by Crippen LogP contribution is 2.26. The Kier molecular flexibility index (Phi) is 3.74. The highest BCUT2D eigenvalue weighted by Gasteiger charge is 2.31. The van der Waals surface area contributed by atoms with Crippen molar-refractivity contribution in [3.8, 4) is 11.8 Å². The lowest BCUT2D eigenvalue weighted by Crippen LogP contribution is -2.17. The molecule has 0 aliphatic rings. The number of hydrogen-bond donors (Lipinski definition) is 1. The lowest BCUT2D eigenvalue weighted by molar-refractivity contribution is -0.274. The fourth-order valence-electron chi connectivity index (χ4n) is 1.12. The summed E-state index contributed by atoms with van der Waals surface area (Å²) in [6, 6.07) is 6.63. The Morgan fingerprint density at radius 1 is 1.44 bits per heavy atom. The molecule has 0 aliphatic heterocycles. The third-order valence-corrected chi connectivity index (χ3v) is 1.76. The molecule has 0 radical (unpaired) electrons. The highest BCUT2D eigenvalue weighted by atomic mass is 19.4. The third-order valence-electron chi connectivity index (χ3n) is 1.76. The monoisotopic (exact) mass is 231 g/mol. The summed E-state index contributed by atoms with van der Waals surface area (Å²) in [5.74, 6) is -0.415. The van der Waals surface area contributed by atoms with Crippen molar-refractivity contribution in [2.45, 2.75) is 18.9 Å². The van der Waals surface area contributed by atoms with E-state index in [1.807, 2.05) is 0 Å². The van der Waals surface area contributed by atoms with Crippen LogP contribution in [0.15, 0.2) is 24.3 Å². The molecule has 16 heavy (non-hydrogen) atoms. The van der Waals surface area contributed by atoms with Crippen LogP contribution in [0.25, 0.3) is 0 Å². The Hall–Kier alpha value is -1.74. The Bertz CT molecular complexity index is 398. The number of rotatable bonds is 3. The Labute approximate surface area is 89.7 Å². The van der Waals surface area contributed by atoms with Crippen LogP contribution < -0.4 is 4.74 Å². The number of nitriles is 1. The van der Waals surface area contributed by atoms with Gasteiger partial charge in [-0.15, -0.1) is 13.2 Å². The summed E-state index contributed by atoms with van der Waals surface area (Å²) in [6.45, 7) is 0. The van der Waals surface area contributed by atoms with Crippen molar-refractivity contribution in [1.82, 2.24) is 0 Å². The quantitative estimate of drug-likeness (QED) is 0.869. The maximum Gasteiger partial charge on any atom is 0.573 e. The zero-order valence-corrected chi connectivity index (χ0v) is 8.03. The lowest BCUT2D eigenvalue weighted by Gasteiger charge is -2.11. The van der Waals surface area contributed by atoms with Crippen LogP contribution in [0.4, 0.5) is 13.2 Å². The summed E-state index contributed by atoms with van der Waals surface area (Å²) in [7, 11) is 0.